The number of anilines is 1. The van der Waals surface area contributed by atoms with E-state index in [2.05, 4.69) is 4.98 Å². The molecule has 0 amide bonds. The van der Waals surface area contributed by atoms with Crippen LogP contribution in [0.15, 0.2) is 59.5 Å². The molecule has 0 bridgehead atoms. The van der Waals surface area contributed by atoms with Gasteiger partial charge in [0.15, 0.2) is 5.88 Å². The lowest BCUT2D eigenvalue weighted by Gasteiger charge is -1.96. The Labute approximate surface area is 122 Å². The van der Waals surface area contributed by atoms with Crippen LogP contribution < -0.4 is 10.9 Å². The Morgan fingerprint density at radius 3 is 2.19 bits per heavy atom. The van der Waals surface area contributed by atoms with Crippen LogP contribution in [0.4, 0.5) is 5.69 Å². The van der Waals surface area contributed by atoms with Gasteiger partial charge in [-0.3, -0.25) is 0 Å². The highest BCUT2D eigenvalue weighted by Crippen LogP contribution is 2.17. The number of fused-ring (bicyclic) bond motifs is 1. The molecule has 0 fully saturated rings. The van der Waals surface area contributed by atoms with Crippen molar-refractivity contribution in [3.63, 3.8) is 0 Å². The molecule has 0 radical (unpaired) electrons. The van der Waals surface area contributed by atoms with Crippen molar-refractivity contribution >= 4 is 26.6 Å². The van der Waals surface area contributed by atoms with E-state index in [4.69, 9.17) is 16.0 Å². The molecule has 0 aliphatic carbocycles. The molecule has 7 heteroatoms. The highest BCUT2D eigenvalue weighted by molar-refractivity contribution is 7.89. The van der Waals surface area contributed by atoms with E-state index in [1.165, 1.54) is 24.3 Å². The average Bonchev–Trinajstić information content (AvgIpc) is 2.79. The summed E-state index contributed by atoms with van der Waals surface area (Å²) in [6.45, 7) is 0. The highest BCUT2D eigenvalue weighted by atomic mass is 32.2. The molecule has 1 aromatic heterocycles. The van der Waals surface area contributed by atoms with Crippen molar-refractivity contribution in [2.45, 2.75) is 4.90 Å². The van der Waals surface area contributed by atoms with Gasteiger partial charge in [-0.2, -0.15) is 0 Å². The van der Waals surface area contributed by atoms with Crippen LogP contribution >= 0.6 is 0 Å². The summed E-state index contributed by atoms with van der Waals surface area (Å²) in [5.74, 6) is 0.223. The minimum atomic E-state index is -3.58. The molecule has 6 N–H and O–H groups in total. The molecule has 0 unspecified atom stereocenters. The second-order valence-electron chi connectivity index (χ2n) is 4.36. The maximum absolute atomic E-state index is 10.7. The lowest BCUT2D eigenvalue weighted by Crippen LogP contribution is -2.11. The number of nitrogens with one attached hydrogen (secondary N) is 1. The number of sulfonamides is 1. The summed E-state index contributed by atoms with van der Waals surface area (Å²) in [6.07, 6.45) is 0. The third-order valence-electron chi connectivity index (χ3n) is 2.72. The number of nitrogens with two attached hydrogens (primary N) is 2. The molecule has 0 saturated heterocycles. The van der Waals surface area contributed by atoms with E-state index in [0.29, 0.717) is 5.69 Å². The van der Waals surface area contributed by atoms with E-state index in [1.54, 1.807) is 6.07 Å². The van der Waals surface area contributed by atoms with E-state index in [0.717, 1.165) is 10.9 Å². The number of hydrogen-bond acceptors (Lipinski definition) is 4. The number of aromatic amines is 1. The lowest BCUT2D eigenvalue weighted by atomic mass is 10.3. The van der Waals surface area contributed by atoms with Crippen LogP contribution in [0.3, 0.4) is 0 Å². The minimum Gasteiger partial charge on any atom is -0.495 e. The van der Waals surface area contributed by atoms with Crippen molar-refractivity contribution in [2.75, 3.05) is 5.73 Å². The molecule has 0 aliphatic heterocycles. The number of hydrogen-bond donors (Lipinski definition) is 4. The molecule has 110 valence electrons. The monoisotopic (exact) mass is 305 g/mol. The number of primary sulfonamides is 1. The number of aromatic hydroxyl groups is 1. The van der Waals surface area contributed by atoms with Crippen LogP contribution in [0.5, 0.6) is 5.88 Å². The fourth-order valence-corrected chi connectivity index (χ4v) is 2.23. The molecule has 0 saturated carbocycles. The van der Waals surface area contributed by atoms with Gasteiger partial charge in [-0.05, 0) is 30.3 Å². The van der Waals surface area contributed by atoms with Crippen molar-refractivity contribution in [1.82, 2.24) is 4.98 Å². The summed E-state index contributed by atoms with van der Waals surface area (Å²) >= 11 is 0. The number of benzene rings is 2. The standard InChI is InChI=1S/C8H7NO.C6H8N2O2S/c10-8-5-6-3-1-2-4-7(6)9-8;7-5-1-3-6(4-2-5)11(8,9)10/h1-5,9-10H;1-4H,7H2,(H2,8,9,10). The first kappa shape index (κ1) is 14.9. The van der Waals surface area contributed by atoms with Crippen molar-refractivity contribution in [1.29, 1.82) is 0 Å². The molecular formula is C14H15N3O3S. The molecule has 21 heavy (non-hydrogen) atoms. The molecule has 0 atom stereocenters. The predicted molar refractivity (Wildman–Crippen MR) is 82.2 cm³/mol. The Kier molecular flexibility index (Phi) is 4.15. The number of rotatable bonds is 1. The van der Waals surface area contributed by atoms with Crippen molar-refractivity contribution in [3.8, 4) is 5.88 Å². The minimum absolute atomic E-state index is 0.0756. The van der Waals surface area contributed by atoms with E-state index >= 15 is 0 Å². The molecule has 2 aromatic carbocycles. The largest absolute Gasteiger partial charge is 0.495 e. The SMILES string of the molecule is Nc1ccc(S(N)(=O)=O)cc1.Oc1cc2ccccc2[nH]1. The van der Waals surface area contributed by atoms with Gasteiger partial charge in [0.2, 0.25) is 10.0 Å². The second-order valence-corrected chi connectivity index (χ2v) is 5.92. The maximum atomic E-state index is 10.7. The summed E-state index contributed by atoms with van der Waals surface area (Å²) in [5, 5.41) is 14.9. The van der Waals surface area contributed by atoms with Crippen LogP contribution in [-0.4, -0.2) is 18.5 Å². The van der Waals surface area contributed by atoms with Gasteiger partial charge in [-0.1, -0.05) is 18.2 Å². The smallest absolute Gasteiger partial charge is 0.238 e. The zero-order valence-corrected chi connectivity index (χ0v) is 11.8. The van der Waals surface area contributed by atoms with Crippen LogP contribution in [0.1, 0.15) is 0 Å². The summed E-state index contributed by atoms with van der Waals surface area (Å²) in [6, 6.07) is 15.2. The van der Waals surface area contributed by atoms with Gasteiger partial charge in [0, 0.05) is 22.7 Å². The normalized spacial score (nSPS) is 10.9. The van der Waals surface area contributed by atoms with Gasteiger partial charge in [-0.15, -0.1) is 0 Å². The van der Waals surface area contributed by atoms with Gasteiger partial charge in [0.1, 0.15) is 0 Å². The van der Waals surface area contributed by atoms with E-state index in [-0.39, 0.29) is 10.8 Å². The zero-order chi connectivity index (χ0) is 15.5. The molecular weight excluding hydrogens is 290 g/mol. The molecule has 3 aromatic rings. The van der Waals surface area contributed by atoms with Gasteiger partial charge in [-0.25, -0.2) is 13.6 Å². The fourth-order valence-electron chi connectivity index (χ4n) is 1.72. The topological polar surface area (TPSA) is 122 Å². The molecule has 6 nitrogen and oxygen atoms in total. The van der Waals surface area contributed by atoms with Gasteiger partial charge >= 0.3 is 0 Å². The van der Waals surface area contributed by atoms with Crippen LogP contribution in [0.2, 0.25) is 0 Å². The second kappa shape index (κ2) is 5.86. The maximum Gasteiger partial charge on any atom is 0.238 e. The lowest BCUT2D eigenvalue weighted by molar-refractivity contribution is 0.458. The Bertz CT molecular complexity index is 806. The Hall–Kier alpha value is -2.51. The Balaban J connectivity index is 0.000000154. The van der Waals surface area contributed by atoms with Gasteiger partial charge in [0.25, 0.3) is 0 Å². The number of nitrogen functional groups attached to an aromatic ring is 1. The van der Waals surface area contributed by atoms with Crippen LogP contribution in [-0.2, 0) is 10.0 Å². The van der Waals surface area contributed by atoms with Gasteiger partial charge < -0.3 is 15.8 Å². The average molecular weight is 305 g/mol. The molecule has 0 spiro atoms. The van der Waals surface area contributed by atoms with Crippen molar-refractivity contribution in [3.05, 3.63) is 54.6 Å². The fraction of sp³-hybridized carbons (Fsp3) is 0. The van der Waals surface area contributed by atoms with E-state index < -0.39 is 10.0 Å². The molecule has 1 heterocycles. The third-order valence-corrected chi connectivity index (χ3v) is 3.65. The van der Waals surface area contributed by atoms with Gasteiger partial charge in [0.05, 0.1) is 4.90 Å². The van der Waals surface area contributed by atoms with Crippen LogP contribution in [0.25, 0.3) is 10.9 Å². The van der Waals surface area contributed by atoms with E-state index in [9.17, 15) is 8.42 Å². The number of aromatic nitrogens is 1. The van der Waals surface area contributed by atoms with Crippen molar-refractivity contribution in [2.24, 2.45) is 5.14 Å². The van der Waals surface area contributed by atoms with Crippen LogP contribution in [0, 0.1) is 0 Å². The number of para-hydroxylation sites is 1. The van der Waals surface area contributed by atoms with E-state index in [1.807, 2.05) is 24.3 Å². The summed E-state index contributed by atoms with van der Waals surface area (Å²) < 4.78 is 21.4. The molecule has 3 rings (SSSR count). The highest BCUT2D eigenvalue weighted by Gasteiger charge is 2.05. The summed E-state index contributed by atoms with van der Waals surface area (Å²) in [7, 11) is -3.58. The first-order valence-electron chi connectivity index (χ1n) is 6.01. The predicted octanol–water partition coefficient (Wildman–Crippen LogP) is 1.79. The first-order chi connectivity index (χ1) is 9.86. The molecule has 0 aliphatic rings. The quantitative estimate of drug-likeness (QED) is 0.512. The summed E-state index contributed by atoms with van der Waals surface area (Å²) in [5.41, 5.74) is 6.82. The zero-order valence-electron chi connectivity index (χ0n) is 11.0. The Morgan fingerprint density at radius 2 is 1.62 bits per heavy atom. The Morgan fingerprint density at radius 1 is 1.00 bits per heavy atom. The third kappa shape index (κ3) is 3.98. The van der Waals surface area contributed by atoms with Crippen molar-refractivity contribution < 1.29 is 13.5 Å². The summed E-state index contributed by atoms with van der Waals surface area (Å²) in [4.78, 5) is 2.89. The first-order valence-corrected chi connectivity index (χ1v) is 7.56. The number of H-pyrrole nitrogens is 1.